The van der Waals surface area contributed by atoms with Crippen LogP contribution in [-0.4, -0.2) is 37.2 Å². The van der Waals surface area contributed by atoms with Crippen molar-refractivity contribution in [3.8, 4) is 0 Å². The van der Waals surface area contributed by atoms with Gasteiger partial charge in [0.15, 0.2) is 0 Å². The number of methoxy groups -OCH3 is 1. The van der Waals surface area contributed by atoms with Crippen LogP contribution in [0.4, 0.5) is 4.79 Å². The van der Waals surface area contributed by atoms with Crippen molar-refractivity contribution in [3.05, 3.63) is 35.9 Å². The summed E-state index contributed by atoms with van der Waals surface area (Å²) in [5.74, 6) is -0.893. The maximum Gasteiger partial charge on any atom is 0.408 e. The highest BCUT2D eigenvalue weighted by Crippen LogP contribution is 2.28. The van der Waals surface area contributed by atoms with Crippen molar-refractivity contribution in [2.45, 2.75) is 71.6 Å². The number of carbonyl (C=O) groups excluding carboxylic acids is 3. The maximum absolute atomic E-state index is 13.1. The Morgan fingerprint density at radius 1 is 1.03 bits per heavy atom. The molecule has 1 aromatic carbocycles. The predicted molar refractivity (Wildman–Crippen MR) is 114 cm³/mol. The van der Waals surface area contributed by atoms with Gasteiger partial charge in [-0.25, -0.2) is 9.59 Å². The molecule has 166 valence electrons. The molecule has 1 saturated carbocycles. The molecule has 2 rings (SSSR count). The molecule has 0 saturated heterocycles. The number of rotatable bonds is 7. The highest BCUT2D eigenvalue weighted by molar-refractivity contribution is 5.90. The molecule has 0 heterocycles. The van der Waals surface area contributed by atoms with E-state index >= 15 is 0 Å². The average Bonchev–Trinajstić information content (AvgIpc) is 2.74. The summed E-state index contributed by atoms with van der Waals surface area (Å²) in [6.07, 6.45) is 4.18. The van der Waals surface area contributed by atoms with E-state index in [0.717, 1.165) is 37.7 Å². The highest BCUT2D eigenvalue weighted by atomic mass is 16.5. The lowest BCUT2D eigenvalue weighted by atomic mass is 9.82. The van der Waals surface area contributed by atoms with Gasteiger partial charge in [0.2, 0.25) is 5.91 Å². The van der Waals surface area contributed by atoms with Gasteiger partial charge in [0, 0.05) is 0 Å². The second kappa shape index (κ2) is 11.0. The molecule has 0 spiro atoms. The van der Waals surface area contributed by atoms with Crippen molar-refractivity contribution >= 4 is 18.0 Å². The van der Waals surface area contributed by atoms with Crippen LogP contribution >= 0.6 is 0 Å². The molecule has 30 heavy (non-hydrogen) atoms. The van der Waals surface area contributed by atoms with Gasteiger partial charge in [-0.15, -0.1) is 0 Å². The molecule has 0 radical (unpaired) electrons. The summed E-state index contributed by atoms with van der Waals surface area (Å²) in [6.45, 7) is 5.68. The Morgan fingerprint density at radius 2 is 1.67 bits per heavy atom. The molecule has 7 heteroatoms. The van der Waals surface area contributed by atoms with Gasteiger partial charge in [0.25, 0.3) is 0 Å². The van der Waals surface area contributed by atoms with Crippen LogP contribution in [0.25, 0.3) is 0 Å². The van der Waals surface area contributed by atoms with Crippen molar-refractivity contribution in [2.24, 2.45) is 11.3 Å². The molecule has 2 atom stereocenters. The van der Waals surface area contributed by atoms with Crippen LogP contribution in [0, 0.1) is 11.3 Å². The van der Waals surface area contributed by atoms with Gasteiger partial charge < -0.3 is 20.1 Å². The first-order valence-electron chi connectivity index (χ1n) is 10.6. The van der Waals surface area contributed by atoms with Gasteiger partial charge in [-0.1, -0.05) is 70.4 Å². The predicted octanol–water partition coefficient (Wildman–Crippen LogP) is 3.57. The summed E-state index contributed by atoms with van der Waals surface area (Å²) in [4.78, 5) is 37.8. The minimum Gasteiger partial charge on any atom is -0.467 e. The van der Waals surface area contributed by atoms with Gasteiger partial charge in [0.05, 0.1) is 7.11 Å². The quantitative estimate of drug-likeness (QED) is 0.660. The molecule has 1 aliphatic carbocycles. The number of hydrogen-bond donors (Lipinski definition) is 2. The van der Waals surface area contributed by atoms with Gasteiger partial charge in [-0.05, 0) is 29.7 Å². The Kier molecular flexibility index (Phi) is 8.69. The zero-order valence-corrected chi connectivity index (χ0v) is 18.4. The Morgan fingerprint density at radius 3 is 2.23 bits per heavy atom. The van der Waals surface area contributed by atoms with Crippen LogP contribution in [-0.2, 0) is 25.7 Å². The minimum atomic E-state index is -0.816. The average molecular weight is 419 g/mol. The molecular formula is C23H34N2O5. The molecule has 1 aromatic rings. The first-order valence-corrected chi connectivity index (χ1v) is 10.6. The Bertz CT molecular complexity index is 708. The summed E-state index contributed by atoms with van der Waals surface area (Å²) in [5, 5.41) is 5.55. The number of hydrogen-bond acceptors (Lipinski definition) is 5. The van der Waals surface area contributed by atoms with E-state index in [-0.39, 0.29) is 18.4 Å². The maximum atomic E-state index is 13.1. The van der Waals surface area contributed by atoms with Crippen molar-refractivity contribution in [1.82, 2.24) is 10.6 Å². The number of alkyl carbamates (subject to hydrolysis) is 1. The summed E-state index contributed by atoms with van der Waals surface area (Å²) in [5.41, 5.74) is 0.332. The topological polar surface area (TPSA) is 93.7 Å². The third-order valence-corrected chi connectivity index (χ3v) is 5.48. The smallest absolute Gasteiger partial charge is 0.408 e. The summed E-state index contributed by atoms with van der Waals surface area (Å²) in [7, 11) is 1.30. The summed E-state index contributed by atoms with van der Waals surface area (Å²) in [6, 6.07) is 7.78. The second-order valence-corrected chi connectivity index (χ2v) is 8.91. The number of carbonyl (C=O) groups is 3. The second-order valence-electron chi connectivity index (χ2n) is 8.91. The van der Waals surface area contributed by atoms with E-state index < -0.39 is 29.6 Å². The van der Waals surface area contributed by atoms with Crippen molar-refractivity contribution in [2.75, 3.05) is 7.11 Å². The van der Waals surface area contributed by atoms with Crippen LogP contribution in [0.3, 0.4) is 0 Å². The molecule has 1 fully saturated rings. The summed E-state index contributed by atoms with van der Waals surface area (Å²) >= 11 is 0. The van der Waals surface area contributed by atoms with Crippen molar-refractivity contribution in [3.63, 3.8) is 0 Å². The number of esters is 1. The highest BCUT2D eigenvalue weighted by Gasteiger charge is 2.38. The largest absolute Gasteiger partial charge is 0.467 e. The van der Waals surface area contributed by atoms with E-state index in [0.29, 0.717) is 0 Å². The Hall–Kier alpha value is -2.57. The molecule has 0 aromatic heterocycles. The molecule has 2 amide bonds. The first-order chi connectivity index (χ1) is 14.2. The van der Waals surface area contributed by atoms with E-state index in [9.17, 15) is 14.4 Å². The molecular weight excluding hydrogens is 384 g/mol. The number of nitrogens with one attached hydrogen (secondary N) is 2. The fraction of sp³-hybridized carbons (Fsp3) is 0.609. The molecule has 7 nitrogen and oxygen atoms in total. The zero-order chi connectivity index (χ0) is 22.1. The minimum absolute atomic E-state index is 0.00119. The third-order valence-electron chi connectivity index (χ3n) is 5.48. The van der Waals surface area contributed by atoms with Crippen LogP contribution in [0.15, 0.2) is 30.3 Å². The van der Waals surface area contributed by atoms with Gasteiger partial charge in [-0.2, -0.15) is 0 Å². The number of ether oxygens (including phenoxy) is 2. The molecule has 0 aliphatic heterocycles. The lowest BCUT2D eigenvalue weighted by Gasteiger charge is -2.34. The van der Waals surface area contributed by atoms with Crippen LogP contribution in [0.5, 0.6) is 0 Å². The van der Waals surface area contributed by atoms with Crippen LogP contribution in [0.1, 0.15) is 58.4 Å². The number of amides is 2. The molecule has 0 unspecified atom stereocenters. The van der Waals surface area contributed by atoms with E-state index in [1.165, 1.54) is 7.11 Å². The van der Waals surface area contributed by atoms with Gasteiger partial charge in [0.1, 0.15) is 18.7 Å². The fourth-order valence-electron chi connectivity index (χ4n) is 3.74. The summed E-state index contributed by atoms with van der Waals surface area (Å²) < 4.78 is 10.2. The standard InChI is InChI=1S/C23H34N2O5/c1-23(2,3)19(21(27)29-4)25-20(26)18(17-13-9-6-10-14-17)24-22(28)30-15-16-11-7-5-8-12-16/h5,7-8,11-12,17-19H,6,9-10,13-15H2,1-4H3,(H,24,28)(H,25,26)/t18-,19+/m0/s1. The van der Waals surface area contributed by atoms with Crippen LogP contribution in [0.2, 0.25) is 0 Å². The monoisotopic (exact) mass is 418 g/mol. The normalized spacial score (nSPS) is 16.8. The molecule has 1 aliphatic rings. The first kappa shape index (κ1) is 23.7. The SMILES string of the molecule is COC(=O)[C@@H](NC(=O)[C@@H](NC(=O)OCc1ccccc1)C1CCCCC1)C(C)(C)C. The third kappa shape index (κ3) is 7.04. The Labute approximate surface area is 178 Å². The van der Waals surface area contributed by atoms with Crippen LogP contribution < -0.4 is 10.6 Å². The zero-order valence-electron chi connectivity index (χ0n) is 18.4. The number of benzene rings is 1. The lowest BCUT2D eigenvalue weighted by molar-refractivity contribution is -0.148. The lowest BCUT2D eigenvalue weighted by Crippen LogP contribution is -2.58. The van der Waals surface area contributed by atoms with Crippen molar-refractivity contribution < 1.29 is 23.9 Å². The van der Waals surface area contributed by atoms with E-state index in [1.807, 2.05) is 51.1 Å². The molecule has 2 N–H and O–H groups in total. The fourth-order valence-corrected chi connectivity index (χ4v) is 3.74. The molecule has 0 bridgehead atoms. The van der Waals surface area contributed by atoms with E-state index in [1.54, 1.807) is 0 Å². The van der Waals surface area contributed by atoms with Crippen molar-refractivity contribution in [1.29, 1.82) is 0 Å². The van der Waals surface area contributed by atoms with E-state index in [4.69, 9.17) is 9.47 Å². The van der Waals surface area contributed by atoms with Gasteiger partial charge in [-0.3, -0.25) is 4.79 Å². The Balaban J connectivity index is 2.08. The van der Waals surface area contributed by atoms with Gasteiger partial charge >= 0.3 is 12.1 Å². The van der Waals surface area contributed by atoms with E-state index in [2.05, 4.69) is 10.6 Å².